The Morgan fingerprint density at radius 2 is 2.00 bits per heavy atom. The lowest BCUT2D eigenvalue weighted by molar-refractivity contribution is -0.117. The van der Waals surface area contributed by atoms with Crippen molar-refractivity contribution in [3.8, 4) is 6.07 Å². The first kappa shape index (κ1) is 20.0. The standard InChI is InChI=1S/C21H18ClN3O2S/c1-13-6-8-16(9-7-13)25-20(27)18(11-14-4-3-5-15(22)10-14)28-21(25)17(12-23)19(26)24-2/h3-10,18H,11H2,1-2H3,(H,24,26)/b21-17+/t18-/m0/s1. The van der Waals surface area contributed by atoms with Crippen molar-refractivity contribution in [2.45, 2.75) is 18.6 Å². The van der Waals surface area contributed by atoms with E-state index in [-0.39, 0.29) is 11.5 Å². The van der Waals surface area contributed by atoms with Gasteiger partial charge in [0.25, 0.3) is 5.91 Å². The molecule has 0 aromatic heterocycles. The van der Waals surface area contributed by atoms with Crippen molar-refractivity contribution in [1.29, 1.82) is 5.26 Å². The minimum atomic E-state index is -0.515. The van der Waals surface area contributed by atoms with E-state index in [0.717, 1.165) is 11.1 Å². The fraction of sp³-hybridized carbons (Fsp3) is 0.190. The van der Waals surface area contributed by atoms with Crippen LogP contribution >= 0.6 is 23.4 Å². The lowest BCUT2D eigenvalue weighted by Gasteiger charge is -2.18. The highest BCUT2D eigenvalue weighted by Crippen LogP contribution is 2.42. The normalized spacial score (nSPS) is 18.0. The van der Waals surface area contributed by atoms with Crippen molar-refractivity contribution in [3.63, 3.8) is 0 Å². The number of amides is 2. The summed E-state index contributed by atoms with van der Waals surface area (Å²) < 4.78 is 0. The van der Waals surface area contributed by atoms with Crippen LogP contribution in [0.25, 0.3) is 0 Å². The van der Waals surface area contributed by atoms with E-state index in [9.17, 15) is 14.9 Å². The SMILES string of the molecule is CNC(=O)/C(C#N)=C1/S[C@@H](Cc2cccc(Cl)c2)C(=O)N1c1ccc(C)cc1. The molecule has 1 saturated heterocycles. The van der Waals surface area contributed by atoms with Gasteiger partial charge in [-0.3, -0.25) is 14.5 Å². The van der Waals surface area contributed by atoms with Gasteiger partial charge in [-0.15, -0.1) is 0 Å². The van der Waals surface area contributed by atoms with Crippen LogP contribution in [0, 0.1) is 18.3 Å². The molecule has 1 fully saturated rings. The first-order valence-electron chi connectivity index (χ1n) is 8.62. The van der Waals surface area contributed by atoms with Gasteiger partial charge in [-0.1, -0.05) is 53.2 Å². The van der Waals surface area contributed by atoms with Crippen LogP contribution in [0.2, 0.25) is 5.02 Å². The monoisotopic (exact) mass is 411 g/mol. The number of carbonyl (C=O) groups is 2. The van der Waals surface area contributed by atoms with Crippen molar-refractivity contribution in [2.24, 2.45) is 0 Å². The van der Waals surface area contributed by atoms with E-state index in [1.807, 2.05) is 55.5 Å². The Bertz CT molecular complexity index is 995. The first-order valence-corrected chi connectivity index (χ1v) is 9.88. The van der Waals surface area contributed by atoms with Gasteiger partial charge in [-0.05, 0) is 43.2 Å². The third-order valence-corrected chi connectivity index (χ3v) is 5.83. The van der Waals surface area contributed by atoms with Crippen molar-refractivity contribution in [1.82, 2.24) is 5.32 Å². The molecule has 0 aliphatic carbocycles. The summed E-state index contributed by atoms with van der Waals surface area (Å²) in [6, 6.07) is 16.7. The number of halogens is 1. The number of aryl methyl sites for hydroxylation is 1. The minimum absolute atomic E-state index is 0.0741. The van der Waals surface area contributed by atoms with E-state index < -0.39 is 11.2 Å². The predicted molar refractivity (Wildman–Crippen MR) is 112 cm³/mol. The zero-order valence-electron chi connectivity index (χ0n) is 15.4. The number of carbonyl (C=O) groups excluding carboxylic acids is 2. The van der Waals surface area contributed by atoms with E-state index >= 15 is 0 Å². The van der Waals surface area contributed by atoms with Crippen LogP contribution in [0.15, 0.2) is 59.1 Å². The average Bonchev–Trinajstić information content (AvgIpc) is 2.99. The van der Waals surface area contributed by atoms with Crippen LogP contribution in [0.1, 0.15) is 11.1 Å². The second-order valence-electron chi connectivity index (χ2n) is 6.32. The molecule has 2 aromatic rings. The maximum Gasteiger partial charge on any atom is 0.264 e. The smallest absolute Gasteiger partial charge is 0.264 e. The van der Waals surface area contributed by atoms with Gasteiger partial charge in [0.2, 0.25) is 5.91 Å². The number of benzene rings is 2. The highest BCUT2D eigenvalue weighted by Gasteiger charge is 2.40. The quantitative estimate of drug-likeness (QED) is 0.613. The van der Waals surface area contributed by atoms with Gasteiger partial charge in [0.05, 0.1) is 5.25 Å². The molecule has 5 nitrogen and oxygen atoms in total. The van der Waals surface area contributed by atoms with Crippen LogP contribution in [-0.2, 0) is 16.0 Å². The van der Waals surface area contributed by atoms with Gasteiger partial charge < -0.3 is 5.32 Å². The van der Waals surface area contributed by atoms with Crippen molar-refractivity contribution >= 4 is 40.9 Å². The first-order chi connectivity index (χ1) is 13.4. The lowest BCUT2D eigenvalue weighted by atomic mass is 10.1. The summed E-state index contributed by atoms with van der Waals surface area (Å²) in [6.45, 7) is 1.95. The molecule has 0 saturated carbocycles. The summed E-state index contributed by atoms with van der Waals surface area (Å²) in [7, 11) is 1.46. The van der Waals surface area contributed by atoms with Gasteiger partial charge in [0.1, 0.15) is 16.7 Å². The summed E-state index contributed by atoms with van der Waals surface area (Å²) in [5.41, 5.74) is 2.52. The highest BCUT2D eigenvalue weighted by molar-refractivity contribution is 8.05. The van der Waals surface area contributed by atoms with E-state index in [1.165, 1.54) is 23.7 Å². The predicted octanol–water partition coefficient (Wildman–Crippen LogP) is 3.82. The Morgan fingerprint density at radius 3 is 2.61 bits per heavy atom. The van der Waals surface area contributed by atoms with Crippen molar-refractivity contribution < 1.29 is 9.59 Å². The molecular weight excluding hydrogens is 394 g/mol. The van der Waals surface area contributed by atoms with E-state index in [2.05, 4.69) is 5.32 Å². The average molecular weight is 412 g/mol. The van der Waals surface area contributed by atoms with Gasteiger partial charge in [0, 0.05) is 17.8 Å². The molecule has 0 unspecified atom stereocenters. The zero-order chi connectivity index (χ0) is 20.3. The van der Waals surface area contributed by atoms with Crippen LogP contribution in [0.5, 0.6) is 0 Å². The van der Waals surface area contributed by atoms with Crippen LogP contribution in [-0.4, -0.2) is 24.1 Å². The summed E-state index contributed by atoms with van der Waals surface area (Å²) in [6.07, 6.45) is 0.447. The number of rotatable bonds is 4. The Labute approximate surface area is 173 Å². The zero-order valence-corrected chi connectivity index (χ0v) is 17.0. The number of nitrogens with one attached hydrogen (secondary N) is 1. The van der Waals surface area contributed by atoms with Gasteiger partial charge in [0.15, 0.2) is 0 Å². The van der Waals surface area contributed by atoms with Gasteiger partial charge in [-0.25, -0.2) is 0 Å². The summed E-state index contributed by atoms with van der Waals surface area (Å²) in [5, 5.41) is 12.5. The molecular formula is C21H18ClN3O2S. The summed E-state index contributed by atoms with van der Waals surface area (Å²) in [5.74, 6) is -0.682. The number of anilines is 1. The molecule has 0 bridgehead atoms. The highest BCUT2D eigenvalue weighted by atomic mass is 35.5. The van der Waals surface area contributed by atoms with Gasteiger partial charge in [-0.2, -0.15) is 5.26 Å². The topological polar surface area (TPSA) is 73.2 Å². The summed E-state index contributed by atoms with van der Waals surface area (Å²) >= 11 is 7.29. The van der Waals surface area contributed by atoms with Crippen molar-refractivity contribution in [2.75, 3.05) is 11.9 Å². The Morgan fingerprint density at radius 1 is 1.29 bits per heavy atom. The van der Waals surface area contributed by atoms with Gasteiger partial charge >= 0.3 is 0 Å². The van der Waals surface area contributed by atoms with Crippen LogP contribution in [0.3, 0.4) is 0 Å². The van der Waals surface area contributed by atoms with E-state index in [0.29, 0.717) is 22.2 Å². The number of hydrogen-bond acceptors (Lipinski definition) is 4. The minimum Gasteiger partial charge on any atom is -0.354 e. The van der Waals surface area contributed by atoms with E-state index in [1.54, 1.807) is 6.07 Å². The Balaban J connectivity index is 2.04. The van der Waals surface area contributed by atoms with Crippen LogP contribution < -0.4 is 10.2 Å². The molecule has 0 spiro atoms. The molecule has 0 radical (unpaired) electrons. The third-order valence-electron chi connectivity index (χ3n) is 4.33. The Hall–Kier alpha value is -2.75. The van der Waals surface area contributed by atoms with Crippen LogP contribution in [0.4, 0.5) is 5.69 Å². The Kier molecular flexibility index (Phi) is 6.08. The maximum absolute atomic E-state index is 13.2. The second-order valence-corrected chi connectivity index (χ2v) is 7.95. The molecule has 7 heteroatoms. The third kappa shape index (κ3) is 4.06. The number of hydrogen-bond donors (Lipinski definition) is 1. The molecule has 1 aliphatic rings. The number of likely N-dealkylation sites (N-methyl/N-ethyl adjacent to an activating group) is 1. The summed E-state index contributed by atoms with van der Waals surface area (Å²) in [4.78, 5) is 26.9. The van der Waals surface area contributed by atoms with E-state index in [4.69, 9.17) is 11.6 Å². The lowest BCUT2D eigenvalue weighted by Crippen LogP contribution is -2.31. The molecule has 1 N–H and O–H groups in total. The molecule has 142 valence electrons. The molecule has 2 aromatic carbocycles. The molecule has 1 atom stereocenters. The maximum atomic E-state index is 13.2. The molecule has 28 heavy (non-hydrogen) atoms. The fourth-order valence-electron chi connectivity index (χ4n) is 2.92. The number of nitriles is 1. The molecule has 3 rings (SSSR count). The largest absolute Gasteiger partial charge is 0.354 e. The molecule has 2 amide bonds. The fourth-order valence-corrected chi connectivity index (χ4v) is 4.44. The van der Waals surface area contributed by atoms with Crippen molar-refractivity contribution in [3.05, 3.63) is 75.3 Å². The molecule has 1 heterocycles. The number of thioether (sulfide) groups is 1. The second kappa shape index (κ2) is 8.51. The molecule has 1 aliphatic heterocycles. The number of nitrogens with zero attached hydrogens (tertiary/aromatic N) is 2.